The molecule has 0 radical (unpaired) electrons. The number of methoxy groups -OCH3 is 1. The minimum atomic E-state index is -0.692. The summed E-state index contributed by atoms with van der Waals surface area (Å²) in [4.78, 5) is 55.3. The molecule has 9 heteroatoms. The van der Waals surface area contributed by atoms with Gasteiger partial charge >= 0.3 is 12.0 Å². The predicted octanol–water partition coefficient (Wildman–Crippen LogP) is 0.717. The standard InChI is InChI=1S/C22H26N4O5/c1-24-13-16(19(27)25-10-8-15(9-11-25)21(29)31-2)17-18(24)20(28)26(22(30)23-17)12-14-6-4-3-5-7-14/h3-7,13,15,17-18H,8-12H2,1-2H3,(H,23,30). The number of urea groups is 1. The van der Waals surface area contributed by atoms with E-state index in [1.165, 1.54) is 12.0 Å². The van der Waals surface area contributed by atoms with Crippen molar-refractivity contribution in [3.8, 4) is 0 Å². The molecule has 2 fully saturated rings. The summed E-state index contributed by atoms with van der Waals surface area (Å²) in [7, 11) is 3.10. The average Bonchev–Trinajstić information content (AvgIpc) is 3.12. The van der Waals surface area contributed by atoms with Crippen molar-refractivity contribution in [3.05, 3.63) is 47.7 Å². The minimum absolute atomic E-state index is 0.174. The number of likely N-dealkylation sites (tertiary alicyclic amines) is 1. The van der Waals surface area contributed by atoms with Crippen LogP contribution in [0.3, 0.4) is 0 Å². The van der Waals surface area contributed by atoms with Gasteiger partial charge in [0.25, 0.3) is 11.8 Å². The fourth-order valence-electron chi connectivity index (χ4n) is 4.50. The van der Waals surface area contributed by atoms with Crippen molar-refractivity contribution < 1.29 is 23.9 Å². The molecule has 2 unspecified atom stereocenters. The number of hydrogen-bond acceptors (Lipinski definition) is 6. The van der Waals surface area contributed by atoms with Crippen LogP contribution in [0.15, 0.2) is 42.1 Å². The van der Waals surface area contributed by atoms with Crippen LogP contribution in [0.4, 0.5) is 4.79 Å². The highest BCUT2D eigenvalue weighted by Crippen LogP contribution is 2.29. The van der Waals surface area contributed by atoms with Crippen molar-refractivity contribution in [2.45, 2.75) is 31.5 Å². The van der Waals surface area contributed by atoms with E-state index in [2.05, 4.69) is 5.32 Å². The third kappa shape index (κ3) is 3.87. The molecule has 1 aromatic rings. The number of fused-ring (bicyclic) bond motifs is 1. The van der Waals surface area contributed by atoms with Gasteiger partial charge in [-0.2, -0.15) is 0 Å². The zero-order chi connectivity index (χ0) is 22.1. The number of imide groups is 1. The van der Waals surface area contributed by atoms with Gasteiger partial charge in [0.1, 0.15) is 6.04 Å². The van der Waals surface area contributed by atoms with Crippen LogP contribution in [0.2, 0.25) is 0 Å². The molecule has 3 heterocycles. The molecule has 1 N–H and O–H groups in total. The summed E-state index contributed by atoms with van der Waals surface area (Å²) < 4.78 is 4.80. The maximum absolute atomic E-state index is 13.2. The van der Waals surface area contributed by atoms with Crippen LogP contribution in [-0.4, -0.2) is 77.8 Å². The van der Waals surface area contributed by atoms with Gasteiger partial charge in [-0.05, 0) is 18.4 Å². The van der Waals surface area contributed by atoms with Crippen LogP contribution in [0.1, 0.15) is 18.4 Å². The highest BCUT2D eigenvalue weighted by Gasteiger charge is 2.50. The van der Waals surface area contributed by atoms with Gasteiger partial charge in [-0.1, -0.05) is 30.3 Å². The molecule has 0 aromatic heterocycles. The number of carbonyl (C=O) groups is 4. The molecular weight excluding hydrogens is 400 g/mol. The Hall–Kier alpha value is -3.36. The Kier molecular flexibility index (Phi) is 5.67. The predicted molar refractivity (Wildman–Crippen MR) is 110 cm³/mol. The van der Waals surface area contributed by atoms with E-state index in [0.29, 0.717) is 31.5 Å². The molecule has 9 nitrogen and oxygen atoms in total. The minimum Gasteiger partial charge on any atom is -0.469 e. The topological polar surface area (TPSA) is 99.3 Å². The quantitative estimate of drug-likeness (QED) is 0.713. The number of nitrogens with one attached hydrogen (secondary N) is 1. The zero-order valence-electron chi connectivity index (χ0n) is 17.6. The summed E-state index contributed by atoms with van der Waals surface area (Å²) in [6.45, 7) is 1.03. The average molecular weight is 426 g/mol. The molecule has 4 rings (SSSR count). The van der Waals surface area contributed by atoms with Crippen LogP contribution >= 0.6 is 0 Å². The van der Waals surface area contributed by atoms with Gasteiger partial charge in [0.05, 0.1) is 31.2 Å². The second-order valence-corrected chi connectivity index (χ2v) is 8.12. The Bertz CT molecular complexity index is 923. The zero-order valence-corrected chi connectivity index (χ0v) is 17.6. The summed E-state index contributed by atoms with van der Waals surface area (Å²) in [5.74, 6) is -1.00. The first-order chi connectivity index (χ1) is 14.9. The first-order valence-electron chi connectivity index (χ1n) is 10.4. The molecule has 2 atom stereocenters. The van der Waals surface area contributed by atoms with E-state index in [4.69, 9.17) is 4.74 Å². The number of nitrogens with zero attached hydrogens (tertiary/aromatic N) is 3. The smallest absolute Gasteiger partial charge is 0.325 e. The Balaban J connectivity index is 1.45. The lowest BCUT2D eigenvalue weighted by Gasteiger charge is -2.38. The van der Waals surface area contributed by atoms with Crippen LogP contribution in [0.25, 0.3) is 0 Å². The number of esters is 1. The number of rotatable bonds is 4. The Morgan fingerprint density at radius 3 is 2.45 bits per heavy atom. The van der Waals surface area contributed by atoms with Crippen LogP contribution in [0.5, 0.6) is 0 Å². The van der Waals surface area contributed by atoms with E-state index in [1.807, 2.05) is 30.3 Å². The normalized spacial score (nSPS) is 23.9. The summed E-state index contributed by atoms with van der Waals surface area (Å²) >= 11 is 0. The van der Waals surface area contributed by atoms with Crippen LogP contribution in [0, 0.1) is 5.92 Å². The number of hydrogen-bond donors (Lipinski definition) is 1. The molecule has 164 valence electrons. The van der Waals surface area contributed by atoms with E-state index in [9.17, 15) is 19.2 Å². The molecule has 0 aliphatic carbocycles. The summed E-state index contributed by atoms with van der Waals surface area (Å²) in [6, 6.07) is 7.44. The summed E-state index contributed by atoms with van der Waals surface area (Å²) in [6.07, 6.45) is 2.71. The molecule has 0 bridgehead atoms. The van der Waals surface area contributed by atoms with Gasteiger partial charge < -0.3 is 19.9 Å². The molecule has 31 heavy (non-hydrogen) atoms. The van der Waals surface area contributed by atoms with Gasteiger partial charge in [0, 0.05) is 26.3 Å². The Morgan fingerprint density at radius 1 is 1.13 bits per heavy atom. The van der Waals surface area contributed by atoms with Crippen molar-refractivity contribution >= 4 is 23.8 Å². The highest BCUT2D eigenvalue weighted by atomic mass is 16.5. The van der Waals surface area contributed by atoms with Gasteiger partial charge in [0.2, 0.25) is 0 Å². The fraction of sp³-hybridized carbons (Fsp3) is 0.455. The lowest BCUT2D eigenvalue weighted by atomic mass is 9.94. The number of amides is 4. The van der Waals surface area contributed by atoms with Gasteiger partial charge in [-0.25, -0.2) is 4.79 Å². The Morgan fingerprint density at radius 2 is 1.81 bits per heavy atom. The molecule has 0 saturated carbocycles. The largest absolute Gasteiger partial charge is 0.469 e. The summed E-state index contributed by atoms with van der Waals surface area (Å²) in [5.41, 5.74) is 1.24. The van der Waals surface area contributed by atoms with Crippen molar-refractivity contribution in [2.75, 3.05) is 27.2 Å². The van der Waals surface area contributed by atoms with Gasteiger partial charge in [-0.15, -0.1) is 0 Å². The molecule has 0 spiro atoms. The molecular formula is C22H26N4O5. The monoisotopic (exact) mass is 426 g/mol. The van der Waals surface area contributed by atoms with Gasteiger partial charge in [-0.3, -0.25) is 19.3 Å². The first-order valence-corrected chi connectivity index (χ1v) is 10.4. The summed E-state index contributed by atoms with van der Waals surface area (Å²) in [5, 5.41) is 2.85. The fourth-order valence-corrected chi connectivity index (χ4v) is 4.50. The van der Waals surface area contributed by atoms with E-state index < -0.39 is 18.1 Å². The highest BCUT2D eigenvalue weighted by molar-refractivity contribution is 6.05. The van der Waals surface area contributed by atoms with Crippen LogP contribution in [-0.2, 0) is 25.7 Å². The number of likely N-dealkylation sites (N-methyl/N-ethyl adjacent to an activating group) is 1. The van der Waals surface area contributed by atoms with Crippen molar-refractivity contribution in [1.82, 2.24) is 20.0 Å². The van der Waals surface area contributed by atoms with Crippen molar-refractivity contribution in [3.63, 3.8) is 0 Å². The van der Waals surface area contributed by atoms with E-state index in [1.54, 1.807) is 23.0 Å². The second-order valence-electron chi connectivity index (χ2n) is 8.12. The molecule has 2 saturated heterocycles. The van der Waals surface area contributed by atoms with Crippen molar-refractivity contribution in [1.29, 1.82) is 0 Å². The number of carbonyl (C=O) groups excluding carboxylic acids is 4. The number of ether oxygens (including phenoxy) is 1. The molecule has 4 amide bonds. The SMILES string of the molecule is COC(=O)C1CCN(C(=O)C2=CN(C)C3C(=O)N(Cc4ccccc4)C(=O)NC23)CC1. The third-order valence-corrected chi connectivity index (χ3v) is 6.22. The third-order valence-electron chi connectivity index (χ3n) is 6.22. The van der Waals surface area contributed by atoms with Gasteiger partial charge in [0.15, 0.2) is 0 Å². The van der Waals surface area contributed by atoms with E-state index >= 15 is 0 Å². The first kappa shape index (κ1) is 20.9. The molecule has 1 aromatic carbocycles. The Labute approximate surface area is 180 Å². The maximum atomic E-state index is 13.2. The lowest BCUT2D eigenvalue weighted by Crippen LogP contribution is -2.64. The van der Waals surface area contributed by atoms with E-state index in [0.717, 1.165) is 5.56 Å². The van der Waals surface area contributed by atoms with Crippen LogP contribution < -0.4 is 5.32 Å². The second kappa shape index (κ2) is 8.41. The number of piperidine rings is 1. The maximum Gasteiger partial charge on any atom is 0.325 e. The van der Waals surface area contributed by atoms with E-state index in [-0.39, 0.29) is 30.2 Å². The molecule has 3 aliphatic rings. The van der Waals surface area contributed by atoms with Crippen molar-refractivity contribution in [2.24, 2.45) is 5.92 Å². The molecule has 3 aliphatic heterocycles. The lowest BCUT2D eigenvalue weighted by molar-refractivity contribution is -0.148. The number of benzene rings is 1.